The van der Waals surface area contributed by atoms with Crippen molar-refractivity contribution >= 4 is 17.2 Å². The van der Waals surface area contributed by atoms with E-state index in [4.69, 9.17) is 4.42 Å². The standard InChI is InChI=1S/C20H18N4O2S/c1-15-9-10-18(27-15)14-23(13-17-8-5-11-26-17)20(25)19-12-21-24(22-19)16-6-3-2-4-7-16/h2-12H,13-14H2,1H3. The van der Waals surface area contributed by atoms with E-state index in [0.717, 1.165) is 16.3 Å². The number of thiophene rings is 1. The Morgan fingerprint density at radius 2 is 1.96 bits per heavy atom. The maximum atomic E-state index is 13.1. The lowest BCUT2D eigenvalue weighted by Gasteiger charge is -2.19. The summed E-state index contributed by atoms with van der Waals surface area (Å²) in [6, 6.07) is 17.3. The van der Waals surface area contributed by atoms with Gasteiger partial charge in [-0.2, -0.15) is 9.90 Å². The third-order valence-electron chi connectivity index (χ3n) is 4.05. The van der Waals surface area contributed by atoms with Crippen LogP contribution in [0.1, 0.15) is 26.0 Å². The van der Waals surface area contributed by atoms with Crippen LogP contribution in [0.15, 0.2) is 71.5 Å². The molecular weight excluding hydrogens is 360 g/mol. The molecule has 0 saturated heterocycles. The van der Waals surface area contributed by atoms with E-state index >= 15 is 0 Å². The zero-order chi connectivity index (χ0) is 18.6. The number of rotatable bonds is 6. The van der Waals surface area contributed by atoms with Gasteiger partial charge in [-0.1, -0.05) is 18.2 Å². The summed E-state index contributed by atoms with van der Waals surface area (Å²) in [6.45, 7) is 2.93. The van der Waals surface area contributed by atoms with Crippen LogP contribution in [0.25, 0.3) is 5.69 Å². The molecular formula is C20H18N4O2S. The monoisotopic (exact) mass is 378 g/mol. The molecule has 0 bridgehead atoms. The molecule has 4 rings (SSSR count). The van der Waals surface area contributed by atoms with Crippen molar-refractivity contribution in [1.82, 2.24) is 19.9 Å². The molecule has 0 aliphatic carbocycles. The minimum atomic E-state index is -0.181. The maximum absolute atomic E-state index is 13.1. The summed E-state index contributed by atoms with van der Waals surface area (Å²) >= 11 is 1.68. The Morgan fingerprint density at radius 3 is 2.67 bits per heavy atom. The van der Waals surface area contributed by atoms with Crippen molar-refractivity contribution < 1.29 is 9.21 Å². The number of benzene rings is 1. The number of carbonyl (C=O) groups is 1. The first kappa shape index (κ1) is 17.2. The summed E-state index contributed by atoms with van der Waals surface area (Å²) in [5, 5.41) is 8.60. The van der Waals surface area contributed by atoms with Crippen LogP contribution in [-0.2, 0) is 13.1 Å². The fourth-order valence-corrected chi connectivity index (χ4v) is 3.66. The quantitative estimate of drug-likeness (QED) is 0.507. The Morgan fingerprint density at radius 1 is 1.11 bits per heavy atom. The van der Waals surface area contributed by atoms with Gasteiger partial charge in [0.05, 0.1) is 31.2 Å². The SMILES string of the molecule is Cc1ccc(CN(Cc2ccco2)C(=O)c2cnn(-c3ccccc3)n2)s1. The van der Waals surface area contributed by atoms with Crippen LogP contribution in [0.2, 0.25) is 0 Å². The van der Waals surface area contributed by atoms with Gasteiger partial charge in [0.15, 0.2) is 5.69 Å². The van der Waals surface area contributed by atoms with E-state index in [0.29, 0.717) is 18.8 Å². The molecule has 3 heterocycles. The smallest absolute Gasteiger partial charge is 0.276 e. The Hall–Kier alpha value is -3.19. The van der Waals surface area contributed by atoms with Gasteiger partial charge < -0.3 is 9.32 Å². The van der Waals surface area contributed by atoms with E-state index in [1.54, 1.807) is 22.5 Å². The van der Waals surface area contributed by atoms with Crippen molar-refractivity contribution in [3.05, 3.63) is 88.3 Å². The van der Waals surface area contributed by atoms with E-state index < -0.39 is 0 Å². The maximum Gasteiger partial charge on any atom is 0.276 e. The highest BCUT2D eigenvalue weighted by atomic mass is 32.1. The average Bonchev–Trinajstić information content (AvgIpc) is 3.44. The van der Waals surface area contributed by atoms with Crippen molar-refractivity contribution in [2.75, 3.05) is 0 Å². The molecule has 0 aliphatic rings. The topological polar surface area (TPSA) is 64.2 Å². The summed E-state index contributed by atoms with van der Waals surface area (Å²) in [5.74, 6) is 0.548. The molecule has 1 amide bonds. The minimum absolute atomic E-state index is 0.181. The fraction of sp³-hybridized carbons (Fsp3) is 0.150. The lowest BCUT2D eigenvalue weighted by Crippen LogP contribution is -2.30. The zero-order valence-electron chi connectivity index (χ0n) is 14.8. The Balaban J connectivity index is 1.59. The number of nitrogens with zero attached hydrogens (tertiary/aromatic N) is 4. The van der Waals surface area contributed by atoms with Gasteiger partial charge in [-0.05, 0) is 43.3 Å². The van der Waals surface area contributed by atoms with Crippen LogP contribution in [0, 0.1) is 6.92 Å². The lowest BCUT2D eigenvalue weighted by molar-refractivity contribution is 0.0713. The highest BCUT2D eigenvalue weighted by Crippen LogP contribution is 2.20. The number of hydrogen-bond donors (Lipinski definition) is 0. The molecule has 136 valence electrons. The normalized spacial score (nSPS) is 10.9. The van der Waals surface area contributed by atoms with Gasteiger partial charge in [-0.25, -0.2) is 0 Å². The van der Waals surface area contributed by atoms with Gasteiger partial charge in [-0.3, -0.25) is 4.79 Å². The molecule has 0 radical (unpaired) electrons. The van der Waals surface area contributed by atoms with Crippen LogP contribution in [0.5, 0.6) is 0 Å². The van der Waals surface area contributed by atoms with Gasteiger partial charge in [-0.15, -0.1) is 16.4 Å². The summed E-state index contributed by atoms with van der Waals surface area (Å²) in [5.41, 5.74) is 1.11. The van der Waals surface area contributed by atoms with E-state index in [1.165, 1.54) is 15.9 Å². The second kappa shape index (κ2) is 7.59. The second-order valence-corrected chi connectivity index (χ2v) is 7.48. The minimum Gasteiger partial charge on any atom is -0.467 e. The Labute approximate surface area is 160 Å². The van der Waals surface area contributed by atoms with E-state index in [-0.39, 0.29) is 5.91 Å². The van der Waals surface area contributed by atoms with E-state index in [2.05, 4.69) is 23.2 Å². The molecule has 3 aromatic heterocycles. The zero-order valence-corrected chi connectivity index (χ0v) is 15.6. The average molecular weight is 378 g/mol. The molecule has 6 nitrogen and oxygen atoms in total. The first-order chi connectivity index (χ1) is 13.2. The first-order valence-corrected chi connectivity index (χ1v) is 9.35. The molecule has 0 unspecified atom stereocenters. The summed E-state index contributed by atoms with van der Waals surface area (Å²) in [6.07, 6.45) is 3.11. The predicted molar refractivity (Wildman–Crippen MR) is 103 cm³/mol. The van der Waals surface area contributed by atoms with Gasteiger partial charge in [0.25, 0.3) is 5.91 Å². The van der Waals surface area contributed by atoms with Crippen molar-refractivity contribution in [2.24, 2.45) is 0 Å². The van der Waals surface area contributed by atoms with Crippen LogP contribution >= 0.6 is 11.3 Å². The molecule has 0 spiro atoms. The highest BCUT2D eigenvalue weighted by molar-refractivity contribution is 7.11. The first-order valence-electron chi connectivity index (χ1n) is 8.54. The summed E-state index contributed by atoms with van der Waals surface area (Å²) < 4.78 is 5.44. The van der Waals surface area contributed by atoms with Gasteiger partial charge in [0.2, 0.25) is 0 Å². The van der Waals surface area contributed by atoms with E-state index in [9.17, 15) is 4.79 Å². The van der Waals surface area contributed by atoms with Crippen molar-refractivity contribution in [1.29, 1.82) is 0 Å². The molecule has 0 atom stereocenters. The summed E-state index contributed by atoms with van der Waals surface area (Å²) in [4.78, 5) is 18.6. The number of hydrogen-bond acceptors (Lipinski definition) is 5. The van der Waals surface area contributed by atoms with Gasteiger partial charge >= 0.3 is 0 Å². The number of amides is 1. The van der Waals surface area contributed by atoms with Crippen LogP contribution in [0.3, 0.4) is 0 Å². The number of aryl methyl sites for hydroxylation is 1. The molecule has 1 aromatic carbocycles. The number of carbonyl (C=O) groups excluding carboxylic acids is 1. The molecule has 0 fully saturated rings. The Bertz CT molecular complexity index is 1020. The molecule has 0 aliphatic heterocycles. The van der Waals surface area contributed by atoms with Crippen LogP contribution in [0.4, 0.5) is 0 Å². The number of furan rings is 1. The van der Waals surface area contributed by atoms with Gasteiger partial charge in [0.1, 0.15) is 5.76 Å². The molecule has 7 heteroatoms. The number of aromatic nitrogens is 3. The molecule has 27 heavy (non-hydrogen) atoms. The Kier molecular flexibility index (Phi) is 4.84. The summed E-state index contributed by atoms with van der Waals surface area (Å²) in [7, 11) is 0. The lowest BCUT2D eigenvalue weighted by atomic mass is 10.3. The molecule has 0 N–H and O–H groups in total. The number of para-hydroxylation sites is 1. The van der Waals surface area contributed by atoms with Crippen molar-refractivity contribution in [2.45, 2.75) is 20.0 Å². The van der Waals surface area contributed by atoms with Crippen molar-refractivity contribution in [3.8, 4) is 5.69 Å². The molecule has 4 aromatic rings. The molecule has 0 saturated carbocycles. The fourth-order valence-electron chi connectivity index (χ4n) is 2.76. The highest BCUT2D eigenvalue weighted by Gasteiger charge is 2.21. The van der Waals surface area contributed by atoms with Crippen molar-refractivity contribution in [3.63, 3.8) is 0 Å². The predicted octanol–water partition coefficient (Wildman–Crippen LogP) is 4.07. The van der Waals surface area contributed by atoms with Crippen LogP contribution < -0.4 is 0 Å². The largest absolute Gasteiger partial charge is 0.467 e. The second-order valence-electron chi connectivity index (χ2n) is 6.11. The van der Waals surface area contributed by atoms with Gasteiger partial charge in [0, 0.05) is 9.75 Å². The van der Waals surface area contributed by atoms with Crippen LogP contribution in [-0.4, -0.2) is 25.8 Å². The van der Waals surface area contributed by atoms with E-state index in [1.807, 2.05) is 48.5 Å². The third kappa shape index (κ3) is 3.98. The third-order valence-corrected chi connectivity index (χ3v) is 5.04.